The molecule has 2 aliphatic heterocycles. The van der Waals surface area contributed by atoms with Crippen LogP contribution in [0.1, 0.15) is 50.1 Å². The Morgan fingerprint density at radius 2 is 2.03 bits per heavy atom. The molecule has 0 radical (unpaired) electrons. The molecule has 4 rings (SSSR count). The van der Waals surface area contributed by atoms with E-state index in [4.69, 9.17) is 9.52 Å². The van der Waals surface area contributed by atoms with Crippen molar-refractivity contribution < 1.29 is 19.2 Å². The predicted octanol–water partition coefficient (Wildman–Crippen LogP) is 2.89. The zero-order valence-electron chi connectivity index (χ0n) is 18.5. The Morgan fingerprint density at radius 1 is 1.34 bits per heavy atom. The van der Waals surface area contributed by atoms with Crippen LogP contribution in [-0.4, -0.2) is 51.5 Å². The van der Waals surface area contributed by atoms with Crippen LogP contribution in [0.25, 0.3) is 0 Å². The van der Waals surface area contributed by atoms with E-state index in [1.807, 2.05) is 45.0 Å². The van der Waals surface area contributed by atoms with Crippen LogP contribution in [0.4, 0.5) is 0 Å². The number of aliphatic hydroxyl groups is 1. The van der Waals surface area contributed by atoms with Crippen LogP contribution in [0.3, 0.4) is 0 Å². The normalized spacial score (nSPS) is 26.4. The summed E-state index contributed by atoms with van der Waals surface area (Å²) in [5.74, 6) is -0.107. The maximum absolute atomic E-state index is 13.6. The number of aliphatic imine (C=N–C) groups is 1. The van der Waals surface area contributed by atoms with Gasteiger partial charge >= 0.3 is 0 Å². The lowest BCUT2D eigenvalue weighted by Crippen LogP contribution is -2.48. The van der Waals surface area contributed by atoms with E-state index >= 15 is 0 Å². The van der Waals surface area contributed by atoms with Crippen LogP contribution in [0.15, 0.2) is 44.3 Å². The summed E-state index contributed by atoms with van der Waals surface area (Å²) in [5.41, 5.74) is 0.355. The largest absolute Gasteiger partial charge is 0.391 e. The summed E-state index contributed by atoms with van der Waals surface area (Å²) in [6.45, 7) is 7.62. The van der Waals surface area contributed by atoms with Gasteiger partial charge in [0.2, 0.25) is 5.91 Å². The number of carbonyl (C=O) groups is 2. The number of halogens is 1. The molecule has 2 N–H and O–H groups in total. The zero-order chi connectivity index (χ0) is 23.2. The van der Waals surface area contributed by atoms with Gasteiger partial charge in [-0.05, 0) is 37.5 Å². The van der Waals surface area contributed by atoms with Gasteiger partial charge in [-0.3, -0.25) is 9.59 Å². The van der Waals surface area contributed by atoms with Crippen molar-refractivity contribution in [2.45, 2.75) is 57.7 Å². The highest BCUT2D eigenvalue weighted by Crippen LogP contribution is 2.35. The molecule has 0 aliphatic carbocycles. The fraction of sp³-hybridized carbons (Fsp3) is 0.478. The third kappa shape index (κ3) is 3.99. The van der Waals surface area contributed by atoms with Crippen molar-refractivity contribution in [3.63, 3.8) is 0 Å². The predicted molar refractivity (Wildman–Crippen MR) is 122 cm³/mol. The molecule has 3 heterocycles. The number of carbonyl (C=O) groups excluding carboxylic acids is 2. The molecule has 1 aromatic carbocycles. The first-order valence-corrected chi connectivity index (χ1v) is 11.5. The summed E-state index contributed by atoms with van der Waals surface area (Å²) in [6.07, 6.45) is -0.394. The molecule has 9 heteroatoms. The first kappa shape index (κ1) is 22.7. The van der Waals surface area contributed by atoms with Crippen molar-refractivity contribution in [1.29, 1.82) is 0 Å². The summed E-state index contributed by atoms with van der Waals surface area (Å²) in [7, 11) is 0. The highest BCUT2D eigenvalue weighted by Gasteiger charge is 2.48. The lowest BCUT2D eigenvalue weighted by Gasteiger charge is -2.29. The summed E-state index contributed by atoms with van der Waals surface area (Å²) in [5, 5.41) is 17.2. The molecule has 0 bridgehead atoms. The Bertz CT molecular complexity index is 1060. The third-order valence-corrected chi connectivity index (χ3v) is 6.73. The topological polar surface area (TPSA) is 108 Å². The number of amidine groups is 1. The lowest BCUT2D eigenvalue weighted by molar-refractivity contribution is -0.134. The Labute approximate surface area is 195 Å². The number of amides is 2. The van der Waals surface area contributed by atoms with Crippen LogP contribution < -0.4 is 5.32 Å². The summed E-state index contributed by atoms with van der Waals surface area (Å²) >= 11 is 3.41. The molecule has 1 saturated heterocycles. The van der Waals surface area contributed by atoms with E-state index in [-0.39, 0.29) is 24.3 Å². The molecule has 0 saturated carbocycles. The van der Waals surface area contributed by atoms with Gasteiger partial charge in [0, 0.05) is 23.5 Å². The Balaban J connectivity index is 1.66. The maximum Gasteiger partial charge on any atom is 0.257 e. The second-order valence-corrected chi connectivity index (χ2v) is 9.93. The number of nitrogens with zero attached hydrogens (tertiary/aromatic N) is 3. The molecule has 2 amide bonds. The monoisotopic (exact) mass is 502 g/mol. The molecule has 1 aromatic heterocycles. The molecule has 1 unspecified atom stereocenters. The number of benzene rings is 1. The highest BCUT2D eigenvalue weighted by molar-refractivity contribution is 9.10. The molecule has 4 atom stereocenters. The van der Waals surface area contributed by atoms with E-state index in [0.717, 1.165) is 10.0 Å². The van der Waals surface area contributed by atoms with Crippen molar-refractivity contribution >= 4 is 33.6 Å². The quantitative estimate of drug-likeness (QED) is 0.653. The second-order valence-electron chi connectivity index (χ2n) is 9.02. The number of aliphatic hydroxyl groups excluding tert-OH is 1. The van der Waals surface area contributed by atoms with E-state index in [1.54, 1.807) is 17.9 Å². The average Bonchev–Trinajstić information content (AvgIpc) is 3.40. The van der Waals surface area contributed by atoms with Crippen LogP contribution in [-0.2, 0) is 15.1 Å². The fourth-order valence-electron chi connectivity index (χ4n) is 4.45. The van der Waals surface area contributed by atoms with Crippen molar-refractivity contribution in [3.05, 3.63) is 51.8 Å². The van der Waals surface area contributed by atoms with Gasteiger partial charge in [0.25, 0.3) is 5.91 Å². The zero-order valence-corrected chi connectivity index (χ0v) is 20.1. The van der Waals surface area contributed by atoms with E-state index in [0.29, 0.717) is 23.7 Å². The van der Waals surface area contributed by atoms with Crippen molar-refractivity contribution in [2.24, 2.45) is 10.9 Å². The number of aryl methyl sites for hydroxylation is 1. The SMILES string of the molecule is Cc1cc(C(C(=O)N2C[C@H](O)C[C@H]2C2=N[C@](C)(c3ccc(Br)cc3)C(=O)N2)C(C)C)on1. The first-order chi connectivity index (χ1) is 15.1. The minimum absolute atomic E-state index is 0.0404. The minimum atomic E-state index is -1.10. The third-order valence-electron chi connectivity index (χ3n) is 6.20. The molecule has 1 fully saturated rings. The fourth-order valence-corrected chi connectivity index (χ4v) is 4.71. The standard InChI is InChI=1S/C23H27BrN4O4/c1-12(2)19(18-9-13(3)27-32-18)21(30)28-11-16(29)10-17(28)20-25-22(31)23(4,26-20)14-5-7-15(24)8-6-14/h5-9,12,16-17,19,29H,10-11H2,1-4H3,(H,25,26,31)/t16-,17+,19?,23-/m1/s1. The number of likely N-dealkylation sites (tertiary alicyclic amines) is 1. The minimum Gasteiger partial charge on any atom is -0.391 e. The van der Waals surface area contributed by atoms with Crippen LogP contribution >= 0.6 is 15.9 Å². The molecule has 8 nitrogen and oxygen atoms in total. The van der Waals surface area contributed by atoms with E-state index in [1.165, 1.54) is 0 Å². The highest BCUT2D eigenvalue weighted by atomic mass is 79.9. The average molecular weight is 503 g/mol. The van der Waals surface area contributed by atoms with E-state index < -0.39 is 23.6 Å². The van der Waals surface area contributed by atoms with Gasteiger partial charge in [0.1, 0.15) is 17.5 Å². The van der Waals surface area contributed by atoms with Gasteiger partial charge < -0.3 is 19.8 Å². The molecule has 2 aliphatic rings. The Hall–Kier alpha value is -2.52. The first-order valence-electron chi connectivity index (χ1n) is 10.7. The van der Waals surface area contributed by atoms with Gasteiger partial charge in [-0.2, -0.15) is 0 Å². The maximum atomic E-state index is 13.6. The summed E-state index contributed by atoms with van der Waals surface area (Å²) < 4.78 is 6.32. The van der Waals surface area contributed by atoms with Gasteiger partial charge in [-0.15, -0.1) is 0 Å². The van der Waals surface area contributed by atoms with E-state index in [9.17, 15) is 14.7 Å². The van der Waals surface area contributed by atoms with Gasteiger partial charge in [0.05, 0.1) is 17.8 Å². The summed E-state index contributed by atoms with van der Waals surface area (Å²) in [6, 6.07) is 8.67. The number of β-amino-alcohol motifs (C(OH)–C–C–N with tert-alkyl or cyclic N) is 1. The molecule has 2 aromatic rings. The van der Waals surface area contributed by atoms with Crippen LogP contribution in [0.2, 0.25) is 0 Å². The van der Waals surface area contributed by atoms with Gasteiger partial charge in [-0.1, -0.05) is 47.1 Å². The number of hydrogen-bond acceptors (Lipinski definition) is 6. The molecular weight excluding hydrogens is 476 g/mol. The molecule has 0 spiro atoms. The van der Waals surface area contributed by atoms with Crippen molar-refractivity contribution in [3.8, 4) is 0 Å². The van der Waals surface area contributed by atoms with Crippen LogP contribution in [0, 0.1) is 12.8 Å². The molecule has 170 valence electrons. The molecular formula is C23H27BrN4O4. The Morgan fingerprint density at radius 3 is 2.62 bits per heavy atom. The number of nitrogens with one attached hydrogen (secondary N) is 1. The summed E-state index contributed by atoms with van der Waals surface area (Å²) in [4.78, 5) is 32.9. The number of rotatable bonds is 5. The number of aromatic nitrogens is 1. The second kappa shape index (κ2) is 8.44. The van der Waals surface area contributed by atoms with Crippen molar-refractivity contribution in [1.82, 2.24) is 15.4 Å². The smallest absolute Gasteiger partial charge is 0.257 e. The Kier molecular flexibility index (Phi) is 5.98. The lowest BCUT2D eigenvalue weighted by atomic mass is 9.91. The van der Waals surface area contributed by atoms with Gasteiger partial charge in [-0.25, -0.2) is 4.99 Å². The van der Waals surface area contributed by atoms with Gasteiger partial charge in [0.15, 0.2) is 5.54 Å². The number of hydrogen-bond donors (Lipinski definition) is 2. The van der Waals surface area contributed by atoms with E-state index in [2.05, 4.69) is 26.4 Å². The van der Waals surface area contributed by atoms with Crippen LogP contribution in [0.5, 0.6) is 0 Å². The van der Waals surface area contributed by atoms with Crippen molar-refractivity contribution in [2.75, 3.05) is 6.54 Å². The molecule has 32 heavy (non-hydrogen) atoms.